The highest BCUT2D eigenvalue weighted by Gasteiger charge is 2.22. The third-order valence-electron chi connectivity index (χ3n) is 3.86. The number of rotatable bonds is 2. The topological polar surface area (TPSA) is 41.1 Å². The van der Waals surface area contributed by atoms with Crippen LogP contribution in [0, 0.1) is 18.7 Å². The van der Waals surface area contributed by atoms with Crippen LogP contribution in [0.4, 0.5) is 14.9 Å². The van der Waals surface area contributed by atoms with Gasteiger partial charge in [0.2, 0.25) is 0 Å². The molecule has 1 saturated carbocycles. The molecule has 0 aromatic heterocycles. The van der Waals surface area contributed by atoms with Crippen molar-refractivity contribution in [3.05, 3.63) is 29.6 Å². The van der Waals surface area contributed by atoms with Crippen LogP contribution in [0.5, 0.6) is 0 Å². The molecular formula is C15H21FN2O. The van der Waals surface area contributed by atoms with Crippen LogP contribution in [-0.2, 0) is 0 Å². The number of hydrogen-bond acceptors (Lipinski definition) is 1. The van der Waals surface area contributed by atoms with E-state index in [1.54, 1.807) is 19.1 Å². The van der Waals surface area contributed by atoms with Crippen LogP contribution in [0.25, 0.3) is 0 Å². The lowest BCUT2D eigenvalue weighted by Gasteiger charge is -2.29. The molecule has 1 aromatic carbocycles. The van der Waals surface area contributed by atoms with Gasteiger partial charge >= 0.3 is 6.03 Å². The summed E-state index contributed by atoms with van der Waals surface area (Å²) in [5, 5.41) is 5.67. The molecule has 19 heavy (non-hydrogen) atoms. The Balaban J connectivity index is 1.91. The van der Waals surface area contributed by atoms with Crippen molar-refractivity contribution >= 4 is 11.7 Å². The van der Waals surface area contributed by atoms with Gasteiger partial charge in [-0.1, -0.05) is 25.8 Å². The van der Waals surface area contributed by atoms with Crippen LogP contribution in [-0.4, -0.2) is 12.1 Å². The summed E-state index contributed by atoms with van der Waals surface area (Å²) in [7, 11) is 0. The molecule has 1 aliphatic rings. The molecular weight excluding hydrogens is 243 g/mol. The SMILES string of the molecule is Cc1ccc(NC(=O)N[C@H]2CCCC[C@H]2C)cc1F. The first-order chi connectivity index (χ1) is 9.06. The quantitative estimate of drug-likeness (QED) is 0.837. The summed E-state index contributed by atoms with van der Waals surface area (Å²) in [6, 6.07) is 4.70. The van der Waals surface area contributed by atoms with E-state index in [1.807, 2.05) is 0 Å². The Labute approximate surface area is 113 Å². The lowest BCUT2D eigenvalue weighted by Crippen LogP contribution is -2.43. The van der Waals surface area contributed by atoms with Crippen molar-refractivity contribution in [3.8, 4) is 0 Å². The van der Waals surface area contributed by atoms with Crippen molar-refractivity contribution in [2.24, 2.45) is 5.92 Å². The molecule has 2 N–H and O–H groups in total. The summed E-state index contributed by atoms with van der Waals surface area (Å²) in [5.41, 5.74) is 1.07. The molecule has 0 heterocycles. The minimum Gasteiger partial charge on any atom is -0.335 e. The van der Waals surface area contributed by atoms with Crippen molar-refractivity contribution in [1.82, 2.24) is 5.32 Å². The number of aryl methyl sites for hydroxylation is 1. The second-order valence-electron chi connectivity index (χ2n) is 5.43. The van der Waals surface area contributed by atoms with Gasteiger partial charge in [-0.3, -0.25) is 0 Å². The normalized spacial score (nSPS) is 22.9. The van der Waals surface area contributed by atoms with Crippen molar-refractivity contribution in [1.29, 1.82) is 0 Å². The number of nitrogens with one attached hydrogen (secondary N) is 2. The fourth-order valence-corrected chi connectivity index (χ4v) is 2.54. The van der Waals surface area contributed by atoms with Gasteiger partial charge in [0.1, 0.15) is 5.82 Å². The molecule has 2 atom stereocenters. The predicted octanol–water partition coefficient (Wildman–Crippen LogP) is 3.83. The first kappa shape index (κ1) is 13.8. The van der Waals surface area contributed by atoms with Crippen LogP contribution < -0.4 is 10.6 Å². The van der Waals surface area contributed by atoms with Gasteiger partial charge in [-0.15, -0.1) is 0 Å². The average molecular weight is 264 g/mol. The summed E-state index contributed by atoms with van der Waals surface area (Å²) >= 11 is 0. The Hall–Kier alpha value is -1.58. The minimum absolute atomic E-state index is 0.226. The monoisotopic (exact) mass is 264 g/mol. The van der Waals surface area contributed by atoms with Crippen molar-refractivity contribution in [2.45, 2.75) is 45.6 Å². The van der Waals surface area contributed by atoms with Gasteiger partial charge in [-0.25, -0.2) is 9.18 Å². The van der Waals surface area contributed by atoms with Gasteiger partial charge in [0.05, 0.1) is 0 Å². The molecule has 0 spiro atoms. The zero-order chi connectivity index (χ0) is 13.8. The molecule has 0 bridgehead atoms. The van der Waals surface area contributed by atoms with E-state index in [9.17, 15) is 9.18 Å². The third-order valence-corrected chi connectivity index (χ3v) is 3.86. The molecule has 2 amide bonds. The van der Waals surface area contributed by atoms with Crippen LogP contribution in [0.15, 0.2) is 18.2 Å². The minimum atomic E-state index is -0.302. The van der Waals surface area contributed by atoms with E-state index in [-0.39, 0.29) is 17.9 Å². The zero-order valence-electron chi connectivity index (χ0n) is 11.5. The third kappa shape index (κ3) is 3.69. The van der Waals surface area contributed by atoms with E-state index >= 15 is 0 Å². The maximum atomic E-state index is 13.4. The van der Waals surface area contributed by atoms with Crippen LogP contribution in [0.1, 0.15) is 38.2 Å². The fraction of sp³-hybridized carbons (Fsp3) is 0.533. The summed E-state index contributed by atoms with van der Waals surface area (Å²) < 4.78 is 13.4. The predicted molar refractivity (Wildman–Crippen MR) is 74.7 cm³/mol. The highest BCUT2D eigenvalue weighted by Crippen LogP contribution is 2.23. The molecule has 2 rings (SSSR count). The molecule has 0 unspecified atom stereocenters. The Morgan fingerprint density at radius 2 is 2.05 bits per heavy atom. The van der Waals surface area contributed by atoms with E-state index < -0.39 is 0 Å². The van der Waals surface area contributed by atoms with Gasteiger partial charge < -0.3 is 10.6 Å². The summed E-state index contributed by atoms with van der Waals surface area (Å²) in [6.07, 6.45) is 4.58. The maximum Gasteiger partial charge on any atom is 0.319 e. The number of hydrogen-bond donors (Lipinski definition) is 2. The highest BCUT2D eigenvalue weighted by atomic mass is 19.1. The molecule has 4 heteroatoms. The molecule has 0 radical (unpaired) electrons. The first-order valence-electron chi connectivity index (χ1n) is 6.90. The van der Waals surface area contributed by atoms with Gasteiger partial charge in [-0.05, 0) is 43.4 Å². The molecule has 1 aromatic rings. The van der Waals surface area contributed by atoms with Gasteiger partial charge in [0.15, 0.2) is 0 Å². The first-order valence-corrected chi connectivity index (χ1v) is 6.90. The lowest BCUT2D eigenvalue weighted by molar-refractivity contribution is 0.232. The van der Waals surface area contributed by atoms with Crippen LogP contribution >= 0.6 is 0 Å². The summed E-state index contributed by atoms with van der Waals surface area (Å²) in [5.74, 6) is 0.207. The van der Waals surface area contributed by atoms with Crippen molar-refractivity contribution in [2.75, 3.05) is 5.32 Å². The average Bonchev–Trinajstić information content (AvgIpc) is 2.37. The van der Waals surface area contributed by atoms with Crippen molar-refractivity contribution < 1.29 is 9.18 Å². The van der Waals surface area contributed by atoms with E-state index in [0.717, 1.165) is 19.3 Å². The van der Waals surface area contributed by atoms with E-state index in [2.05, 4.69) is 17.6 Å². The summed E-state index contributed by atoms with van der Waals surface area (Å²) in [6.45, 7) is 3.86. The number of urea groups is 1. The lowest BCUT2D eigenvalue weighted by atomic mass is 9.86. The van der Waals surface area contributed by atoms with Crippen molar-refractivity contribution in [3.63, 3.8) is 0 Å². The summed E-state index contributed by atoms with van der Waals surface area (Å²) in [4.78, 5) is 11.9. The number of benzene rings is 1. The second kappa shape index (κ2) is 6.04. The Kier molecular flexibility index (Phi) is 4.40. The molecule has 1 fully saturated rings. The maximum absolute atomic E-state index is 13.4. The van der Waals surface area contributed by atoms with Gasteiger partial charge in [-0.2, -0.15) is 0 Å². The number of amides is 2. The molecule has 3 nitrogen and oxygen atoms in total. The van der Waals surface area contributed by atoms with E-state index in [1.165, 1.54) is 12.5 Å². The van der Waals surface area contributed by atoms with E-state index in [0.29, 0.717) is 17.2 Å². The van der Waals surface area contributed by atoms with Crippen LogP contribution in [0.3, 0.4) is 0 Å². The Morgan fingerprint density at radius 1 is 1.32 bits per heavy atom. The number of carbonyl (C=O) groups excluding carboxylic acids is 1. The Bertz CT molecular complexity index is 461. The smallest absolute Gasteiger partial charge is 0.319 e. The standard InChI is InChI=1S/C15H21FN2O/c1-10-7-8-12(9-13(10)16)17-15(19)18-14-6-4-3-5-11(14)2/h7-9,11,14H,3-6H2,1-2H3,(H2,17,18,19)/t11-,14+/m1/s1. The number of halogens is 1. The zero-order valence-corrected chi connectivity index (χ0v) is 11.5. The number of anilines is 1. The number of carbonyl (C=O) groups is 1. The fourth-order valence-electron chi connectivity index (χ4n) is 2.54. The highest BCUT2D eigenvalue weighted by molar-refractivity contribution is 5.89. The van der Waals surface area contributed by atoms with E-state index in [4.69, 9.17) is 0 Å². The largest absolute Gasteiger partial charge is 0.335 e. The Morgan fingerprint density at radius 3 is 2.74 bits per heavy atom. The molecule has 0 aliphatic heterocycles. The molecule has 104 valence electrons. The molecule has 1 aliphatic carbocycles. The van der Waals surface area contributed by atoms with Gasteiger partial charge in [0.25, 0.3) is 0 Å². The van der Waals surface area contributed by atoms with Gasteiger partial charge in [0, 0.05) is 11.7 Å². The second-order valence-corrected chi connectivity index (χ2v) is 5.43. The molecule has 0 saturated heterocycles. The van der Waals surface area contributed by atoms with Crippen LogP contribution in [0.2, 0.25) is 0 Å².